The molecule has 1 aromatic rings. The molecule has 2 rings (SSSR count). The van der Waals surface area contributed by atoms with Gasteiger partial charge >= 0.3 is 0 Å². The molecule has 1 aromatic heterocycles. The van der Waals surface area contributed by atoms with Gasteiger partial charge in [-0.2, -0.15) is 0 Å². The van der Waals surface area contributed by atoms with Crippen LogP contribution in [-0.4, -0.2) is 34.7 Å². The number of rotatable bonds is 4. The number of aromatic nitrogens is 1. The lowest BCUT2D eigenvalue weighted by molar-refractivity contribution is -0.385. The molecule has 0 aliphatic heterocycles. The highest BCUT2D eigenvalue weighted by Gasteiger charge is 2.25. The fraction of sp³-hybridized carbons (Fsp3) is 0.643. The Bertz CT molecular complexity index is 485. The van der Waals surface area contributed by atoms with Crippen molar-refractivity contribution in [3.63, 3.8) is 0 Å². The number of nitro groups is 1. The topological polar surface area (TPSA) is 79.5 Å². The van der Waals surface area contributed by atoms with Gasteiger partial charge in [0, 0.05) is 25.8 Å². The molecule has 0 saturated heterocycles. The monoisotopic (exact) mass is 279 g/mol. The molecule has 1 N–H and O–H groups in total. The van der Waals surface area contributed by atoms with E-state index in [1.165, 1.54) is 6.07 Å². The molecule has 0 radical (unpaired) electrons. The van der Waals surface area contributed by atoms with E-state index in [2.05, 4.69) is 9.88 Å². The molecular formula is C14H21N3O3. The quantitative estimate of drug-likeness (QED) is 0.675. The lowest BCUT2D eigenvalue weighted by atomic mass is 9.86. The van der Waals surface area contributed by atoms with Crippen molar-refractivity contribution in [2.24, 2.45) is 5.92 Å². The van der Waals surface area contributed by atoms with Gasteiger partial charge < -0.3 is 10.0 Å². The maximum atomic E-state index is 10.8. The van der Waals surface area contributed by atoms with Crippen LogP contribution < -0.4 is 4.90 Å². The molecule has 0 unspecified atom stereocenters. The van der Waals surface area contributed by atoms with Gasteiger partial charge in [-0.1, -0.05) is 0 Å². The molecule has 0 amide bonds. The first kappa shape index (κ1) is 14.7. The fourth-order valence-corrected chi connectivity index (χ4v) is 2.83. The highest BCUT2D eigenvalue weighted by atomic mass is 16.6. The van der Waals surface area contributed by atoms with Crippen molar-refractivity contribution in [3.8, 4) is 0 Å². The Hall–Kier alpha value is -1.69. The molecule has 0 bridgehead atoms. The largest absolute Gasteiger partial charge is 0.396 e. The average Bonchev–Trinajstić information content (AvgIpc) is 2.46. The number of anilines is 1. The van der Waals surface area contributed by atoms with E-state index in [-0.39, 0.29) is 12.3 Å². The number of aryl methyl sites for hydroxylation is 1. The van der Waals surface area contributed by atoms with E-state index < -0.39 is 4.92 Å². The van der Waals surface area contributed by atoms with Crippen molar-refractivity contribution in [1.29, 1.82) is 0 Å². The molecule has 6 nitrogen and oxygen atoms in total. The zero-order chi connectivity index (χ0) is 14.7. The van der Waals surface area contributed by atoms with Gasteiger partial charge in [0.05, 0.1) is 4.92 Å². The van der Waals surface area contributed by atoms with Crippen LogP contribution in [0.25, 0.3) is 0 Å². The SMILES string of the molecule is Cc1nc(N(C)C2CCC(CO)CC2)ccc1[N+](=O)[O-]. The van der Waals surface area contributed by atoms with E-state index in [1.54, 1.807) is 13.0 Å². The number of nitrogens with zero attached hydrogens (tertiary/aromatic N) is 3. The molecular weight excluding hydrogens is 258 g/mol. The van der Waals surface area contributed by atoms with Crippen LogP contribution in [0.15, 0.2) is 12.1 Å². The third-order valence-electron chi connectivity index (χ3n) is 4.22. The number of hydrogen-bond acceptors (Lipinski definition) is 5. The third-order valence-corrected chi connectivity index (χ3v) is 4.22. The molecule has 1 heterocycles. The van der Waals surface area contributed by atoms with Crippen molar-refractivity contribution in [2.75, 3.05) is 18.6 Å². The minimum Gasteiger partial charge on any atom is -0.396 e. The summed E-state index contributed by atoms with van der Waals surface area (Å²) in [4.78, 5) is 16.8. The minimum atomic E-state index is -0.404. The van der Waals surface area contributed by atoms with Crippen LogP contribution >= 0.6 is 0 Å². The Balaban J connectivity index is 2.08. The smallest absolute Gasteiger partial charge is 0.290 e. The third kappa shape index (κ3) is 3.07. The summed E-state index contributed by atoms with van der Waals surface area (Å²) >= 11 is 0. The number of pyridine rings is 1. The molecule has 0 spiro atoms. The van der Waals surface area contributed by atoms with Crippen molar-refractivity contribution in [3.05, 3.63) is 27.9 Å². The first-order valence-corrected chi connectivity index (χ1v) is 6.98. The highest BCUT2D eigenvalue weighted by molar-refractivity contribution is 5.47. The van der Waals surface area contributed by atoms with Crippen LogP contribution in [0, 0.1) is 23.0 Å². The molecule has 1 saturated carbocycles. The van der Waals surface area contributed by atoms with Gasteiger partial charge in [-0.25, -0.2) is 4.98 Å². The zero-order valence-electron chi connectivity index (χ0n) is 12.0. The van der Waals surface area contributed by atoms with Gasteiger partial charge in [0.25, 0.3) is 5.69 Å². The molecule has 1 aliphatic carbocycles. The van der Waals surface area contributed by atoms with Gasteiger partial charge in [0.2, 0.25) is 0 Å². The first-order valence-electron chi connectivity index (χ1n) is 6.98. The van der Waals surface area contributed by atoms with Crippen LogP contribution in [0.4, 0.5) is 11.5 Å². The summed E-state index contributed by atoms with van der Waals surface area (Å²) in [5.41, 5.74) is 0.509. The standard InChI is InChI=1S/C14H21N3O3/c1-10-13(17(19)20)7-8-14(15-10)16(2)12-5-3-11(9-18)4-6-12/h7-8,11-12,18H,3-6,9H2,1-2H3. The second-order valence-electron chi connectivity index (χ2n) is 5.50. The molecule has 20 heavy (non-hydrogen) atoms. The van der Waals surface area contributed by atoms with Crippen molar-refractivity contribution in [2.45, 2.75) is 38.6 Å². The van der Waals surface area contributed by atoms with Crippen LogP contribution in [0.2, 0.25) is 0 Å². The van der Waals surface area contributed by atoms with E-state index in [9.17, 15) is 10.1 Å². The lowest BCUT2D eigenvalue weighted by Gasteiger charge is -2.34. The van der Waals surface area contributed by atoms with E-state index in [4.69, 9.17) is 5.11 Å². The van der Waals surface area contributed by atoms with Gasteiger partial charge in [0.1, 0.15) is 11.5 Å². The van der Waals surface area contributed by atoms with Crippen LogP contribution in [-0.2, 0) is 0 Å². The Morgan fingerprint density at radius 3 is 2.55 bits per heavy atom. The first-order chi connectivity index (χ1) is 9.52. The van der Waals surface area contributed by atoms with Crippen LogP contribution in [0.1, 0.15) is 31.4 Å². The minimum absolute atomic E-state index is 0.0612. The van der Waals surface area contributed by atoms with Gasteiger partial charge in [-0.3, -0.25) is 10.1 Å². The molecule has 110 valence electrons. The van der Waals surface area contributed by atoms with E-state index >= 15 is 0 Å². The Kier molecular flexibility index (Phi) is 4.54. The normalized spacial score (nSPS) is 22.6. The second-order valence-corrected chi connectivity index (χ2v) is 5.50. The number of aliphatic hydroxyl groups excluding tert-OH is 1. The summed E-state index contributed by atoms with van der Waals surface area (Å²) in [6, 6.07) is 3.63. The summed E-state index contributed by atoms with van der Waals surface area (Å²) in [5, 5.41) is 20.0. The Morgan fingerprint density at radius 2 is 2.05 bits per heavy atom. The number of aliphatic hydroxyl groups is 1. The van der Waals surface area contributed by atoms with Crippen molar-refractivity contribution in [1.82, 2.24) is 4.98 Å². The van der Waals surface area contributed by atoms with Gasteiger partial charge in [-0.05, 0) is 44.6 Å². The predicted molar refractivity (Wildman–Crippen MR) is 76.9 cm³/mol. The molecule has 0 aromatic carbocycles. The summed E-state index contributed by atoms with van der Waals surface area (Å²) in [6.45, 7) is 1.93. The molecule has 1 aliphatic rings. The van der Waals surface area contributed by atoms with E-state index in [0.717, 1.165) is 31.5 Å². The average molecular weight is 279 g/mol. The Morgan fingerprint density at radius 1 is 1.40 bits per heavy atom. The van der Waals surface area contributed by atoms with E-state index in [0.29, 0.717) is 17.7 Å². The Labute approximate surface area is 118 Å². The maximum absolute atomic E-state index is 10.8. The van der Waals surface area contributed by atoms with Crippen LogP contribution in [0.5, 0.6) is 0 Å². The second kappa shape index (κ2) is 6.17. The summed E-state index contributed by atoms with van der Waals surface area (Å²) in [6.07, 6.45) is 4.10. The molecule has 6 heteroatoms. The molecule has 1 fully saturated rings. The van der Waals surface area contributed by atoms with Crippen molar-refractivity contribution < 1.29 is 10.0 Å². The van der Waals surface area contributed by atoms with Crippen molar-refractivity contribution >= 4 is 11.5 Å². The highest BCUT2D eigenvalue weighted by Crippen LogP contribution is 2.29. The maximum Gasteiger partial charge on any atom is 0.290 e. The predicted octanol–water partition coefficient (Wildman–Crippen LogP) is 2.29. The fourth-order valence-electron chi connectivity index (χ4n) is 2.83. The van der Waals surface area contributed by atoms with Crippen LogP contribution in [0.3, 0.4) is 0 Å². The summed E-state index contributed by atoms with van der Waals surface area (Å²) < 4.78 is 0. The van der Waals surface area contributed by atoms with E-state index in [1.807, 2.05) is 7.05 Å². The summed E-state index contributed by atoms with van der Waals surface area (Å²) in [7, 11) is 1.98. The van der Waals surface area contributed by atoms with Gasteiger partial charge in [-0.15, -0.1) is 0 Å². The molecule has 0 atom stereocenters. The van der Waals surface area contributed by atoms with Gasteiger partial charge in [0.15, 0.2) is 0 Å². The number of hydrogen-bond donors (Lipinski definition) is 1. The lowest BCUT2D eigenvalue weighted by Crippen LogP contribution is -2.36. The summed E-state index contributed by atoms with van der Waals surface area (Å²) in [5.74, 6) is 1.20. The zero-order valence-corrected chi connectivity index (χ0v) is 12.0.